The van der Waals surface area contributed by atoms with E-state index in [1.165, 1.54) is 6.07 Å². The summed E-state index contributed by atoms with van der Waals surface area (Å²) in [7, 11) is -3.59. The number of sulfonamides is 1. The summed E-state index contributed by atoms with van der Waals surface area (Å²) in [5, 5.41) is 2.97. The zero-order valence-corrected chi connectivity index (χ0v) is 17.3. The third kappa shape index (κ3) is 4.62. The van der Waals surface area contributed by atoms with Gasteiger partial charge >= 0.3 is 0 Å². The first-order valence-corrected chi connectivity index (χ1v) is 11.3. The molecule has 28 heavy (non-hydrogen) atoms. The lowest BCUT2D eigenvalue weighted by Crippen LogP contribution is -2.32. The number of hydrogen-bond donors (Lipinski definition) is 1. The van der Waals surface area contributed by atoms with Crippen molar-refractivity contribution in [3.05, 3.63) is 65.2 Å². The van der Waals surface area contributed by atoms with Crippen LogP contribution in [-0.4, -0.2) is 31.7 Å². The Balaban J connectivity index is 1.83. The van der Waals surface area contributed by atoms with E-state index in [9.17, 15) is 13.2 Å². The van der Waals surface area contributed by atoms with Gasteiger partial charge in [-0.3, -0.25) is 4.79 Å². The van der Waals surface area contributed by atoms with Crippen LogP contribution in [0.25, 0.3) is 0 Å². The van der Waals surface area contributed by atoms with E-state index < -0.39 is 10.0 Å². The molecular weight excluding hydrogens is 372 g/mol. The molecule has 1 N–H and O–H groups in total. The molecule has 0 aromatic heterocycles. The van der Waals surface area contributed by atoms with Crippen LogP contribution in [0.2, 0.25) is 0 Å². The maximum absolute atomic E-state index is 13.1. The summed E-state index contributed by atoms with van der Waals surface area (Å²) in [5.41, 5.74) is 2.16. The number of nitrogens with zero attached hydrogens (tertiary/aromatic N) is 1. The van der Waals surface area contributed by atoms with Gasteiger partial charge in [-0.2, -0.15) is 4.31 Å². The van der Waals surface area contributed by atoms with Crippen LogP contribution >= 0.6 is 0 Å². The predicted octanol–water partition coefficient (Wildman–Crippen LogP) is 4.05. The number of amides is 1. The van der Waals surface area contributed by atoms with Gasteiger partial charge in [-0.05, 0) is 49.9 Å². The van der Waals surface area contributed by atoms with E-state index in [4.69, 9.17) is 0 Å². The van der Waals surface area contributed by atoms with Gasteiger partial charge in [0.05, 0.1) is 10.9 Å². The van der Waals surface area contributed by atoms with Crippen molar-refractivity contribution in [2.75, 3.05) is 13.1 Å². The van der Waals surface area contributed by atoms with Crippen molar-refractivity contribution in [3.8, 4) is 0 Å². The van der Waals surface area contributed by atoms with Crippen molar-refractivity contribution >= 4 is 15.9 Å². The van der Waals surface area contributed by atoms with Crippen LogP contribution in [0, 0.1) is 6.92 Å². The van der Waals surface area contributed by atoms with Crippen LogP contribution in [-0.2, 0) is 10.0 Å². The average Bonchev–Trinajstić information content (AvgIpc) is 2.99. The Bertz CT molecular complexity index is 918. The summed E-state index contributed by atoms with van der Waals surface area (Å²) in [5.74, 6) is -0.262. The fourth-order valence-electron chi connectivity index (χ4n) is 3.54. The maximum Gasteiger partial charge on any atom is 0.252 e. The summed E-state index contributed by atoms with van der Waals surface area (Å²) in [6, 6.07) is 14.4. The Hall–Kier alpha value is -2.18. The van der Waals surface area contributed by atoms with Crippen LogP contribution < -0.4 is 5.32 Å². The van der Waals surface area contributed by atoms with Crippen LogP contribution in [0.4, 0.5) is 0 Å². The second-order valence-corrected chi connectivity index (χ2v) is 9.34. The van der Waals surface area contributed by atoms with E-state index in [1.807, 2.05) is 44.2 Å². The van der Waals surface area contributed by atoms with E-state index in [-0.39, 0.29) is 16.8 Å². The Morgan fingerprint density at radius 1 is 1.00 bits per heavy atom. The van der Waals surface area contributed by atoms with Crippen molar-refractivity contribution in [2.45, 2.75) is 50.5 Å². The van der Waals surface area contributed by atoms with E-state index in [1.54, 1.807) is 16.4 Å². The summed E-state index contributed by atoms with van der Waals surface area (Å²) < 4.78 is 27.7. The second kappa shape index (κ2) is 8.88. The number of carbonyl (C=O) groups is 1. The molecule has 0 unspecified atom stereocenters. The number of aryl methyl sites for hydroxylation is 1. The Labute approximate surface area is 167 Å². The number of benzene rings is 2. The third-order valence-corrected chi connectivity index (χ3v) is 7.20. The van der Waals surface area contributed by atoms with Gasteiger partial charge in [0.15, 0.2) is 0 Å². The van der Waals surface area contributed by atoms with Gasteiger partial charge < -0.3 is 5.32 Å². The lowest BCUT2D eigenvalue weighted by molar-refractivity contribution is 0.0939. The van der Waals surface area contributed by atoms with Gasteiger partial charge in [0.25, 0.3) is 5.91 Å². The molecule has 1 atom stereocenters. The molecule has 0 bridgehead atoms. The minimum absolute atomic E-state index is 0.168. The normalized spacial score (nSPS) is 16.9. The minimum atomic E-state index is -3.59. The van der Waals surface area contributed by atoms with Gasteiger partial charge in [-0.25, -0.2) is 8.42 Å². The van der Waals surface area contributed by atoms with Crippen molar-refractivity contribution in [1.82, 2.24) is 9.62 Å². The highest BCUT2D eigenvalue weighted by Crippen LogP contribution is 2.23. The number of hydrogen-bond acceptors (Lipinski definition) is 3. The van der Waals surface area contributed by atoms with Crippen LogP contribution in [0.1, 0.15) is 60.1 Å². The molecule has 6 heteroatoms. The van der Waals surface area contributed by atoms with Crippen molar-refractivity contribution in [1.29, 1.82) is 0 Å². The maximum atomic E-state index is 13.1. The molecule has 3 rings (SSSR count). The van der Waals surface area contributed by atoms with Gasteiger partial charge in [0.1, 0.15) is 0 Å². The van der Waals surface area contributed by atoms with Crippen molar-refractivity contribution in [3.63, 3.8) is 0 Å². The van der Waals surface area contributed by atoms with Gasteiger partial charge in [-0.15, -0.1) is 0 Å². The largest absolute Gasteiger partial charge is 0.346 e. The van der Waals surface area contributed by atoms with Crippen LogP contribution in [0.3, 0.4) is 0 Å². The molecule has 1 aliphatic heterocycles. The molecule has 0 spiro atoms. The van der Waals surface area contributed by atoms with E-state index in [2.05, 4.69) is 5.32 Å². The molecule has 0 saturated carbocycles. The number of rotatable bonds is 5. The van der Waals surface area contributed by atoms with Gasteiger partial charge in [-0.1, -0.05) is 49.2 Å². The van der Waals surface area contributed by atoms with E-state index in [0.717, 1.165) is 36.8 Å². The zero-order valence-electron chi connectivity index (χ0n) is 16.5. The third-order valence-electron chi connectivity index (χ3n) is 5.30. The van der Waals surface area contributed by atoms with Crippen molar-refractivity contribution < 1.29 is 13.2 Å². The lowest BCUT2D eigenvalue weighted by atomic mass is 10.1. The number of nitrogens with one attached hydrogen (secondary N) is 1. The van der Waals surface area contributed by atoms with Crippen LogP contribution in [0.5, 0.6) is 0 Å². The first-order chi connectivity index (χ1) is 13.4. The Morgan fingerprint density at radius 2 is 1.64 bits per heavy atom. The fourth-order valence-corrected chi connectivity index (χ4v) is 5.08. The summed E-state index contributed by atoms with van der Waals surface area (Å²) >= 11 is 0. The quantitative estimate of drug-likeness (QED) is 0.823. The van der Waals surface area contributed by atoms with E-state index >= 15 is 0 Å². The molecule has 1 amide bonds. The topological polar surface area (TPSA) is 66.5 Å². The number of carbonyl (C=O) groups excluding carboxylic acids is 1. The first-order valence-electron chi connectivity index (χ1n) is 9.86. The van der Waals surface area contributed by atoms with Gasteiger partial charge in [0, 0.05) is 18.7 Å². The predicted molar refractivity (Wildman–Crippen MR) is 111 cm³/mol. The highest BCUT2D eigenvalue weighted by atomic mass is 32.2. The van der Waals surface area contributed by atoms with Crippen molar-refractivity contribution in [2.24, 2.45) is 0 Å². The fraction of sp³-hybridized carbons (Fsp3) is 0.409. The minimum Gasteiger partial charge on any atom is -0.346 e. The monoisotopic (exact) mass is 400 g/mol. The Kier molecular flexibility index (Phi) is 6.52. The Morgan fingerprint density at radius 3 is 2.29 bits per heavy atom. The molecule has 0 aliphatic carbocycles. The average molecular weight is 401 g/mol. The van der Waals surface area contributed by atoms with E-state index in [0.29, 0.717) is 18.7 Å². The molecule has 1 aliphatic rings. The molecular formula is C22H28N2O3S. The molecule has 2 aromatic rings. The summed E-state index contributed by atoms with van der Waals surface area (Å²) in [4.78, 5) is 13.0. The second-order valence-electron chi connectivity index (χ2n) is 7.40. The highest BCUT2D eigenvalue weighted by Gasteiger charge is 2.26. The first kappa shape index (κ1) is 20.6. The zero-order chi connectivity index (χ0) is 20.1. The molecule has 1 heterocycles. The molecule has 1 saturated heterocycles. The smallest absolute Gasteiger partial charge is 0.252 e. The van der Waals surface area contributed by atoms with Gasteiger partial charge in [0.2, 0.25) is 10.0 Å². The lowest BCUT2D eigenvalue weighted by Gasteiger charge is -2.21. The SMILES string of the molecule is Cc1ccc(S(=O)(=O)N2CCCCCC2)cc1C(=O)N[C@H](C)c1ccccc1. The highest BCUT2D eigenvalue weighted by molar-refractivity contribution is 7.89. The molecule has 2 aromatic carbocycles. The molecule has 0 radical (unpaired) electrons. The molecule has 150 valence electrons. The standard InChI is InChI=1S/C22H28N2O3S/c1-17-12-13-20(28(26,27)24-14-8-3-4-9-15-24)16-21(17)22(25)23-18(2)19-10-6-5-7-11-19/h5-7,10-13,16,18H,3-4,8-9,14-15H2,1-2H3,(H,23,25)/t18-/m1/s1. The summed E-state index contributed by atoms with van der Waals surface area (Å²) in [6.07, 6.45) is 3.88. The summed E-state index contributed by atoms with van der Waals surface area (Å²) in [6.45, 7) is 4.83. The molecule has 1 fully saturated rings. The molecule has 5 nitrogen and oxygen atoms in total. The van der Waals surface area contributed by atoms with Crippen LogP contribution in [0.15, 0.2) is 53.4 Å².